The summed E-state index contributed by atoms with van der Waals surface area (Å²) in [6.07, 6.45) is -4.65. The van der Waals surface area contributed by atoms with Crippen molar-refractivity contribution in [3.8, 4) is 6.07 Å². The lowest BCUT2D eigenvalue weighted by Crippen LogP contribution is -2.15. The highest BCUT2D eigenvalue weighted by Crippen LogP contribution is 2.31. The number of benzene rings is 2. The van der Waals surface area contributed by atoms with Crippen LogP contribution < -0.4 is 10.6 Å². The minimum atomic E-state index is -4.65. The third-order valence-corrected chi connectivity index (χ3v) is 4.16. The molecule has 3 N–H and O–H groups in total. The summed E-state index contributed by atoms with van der Waals surface area (Å²) < 4.78 is 38.6. The van der Waals surface area contributed by atoms with Crippen LogP contribution in [-0.4, -0.2) is 22.0 Å². The molecule has 0 saturated carbocycles. The van der Waals surface area contributed by atoms with E-state index in [0.29, 0.717) is 16.8 Å². The molecule has 0 aliphatic heterocycles. The zero-order valence-corrected chi connectivity index (χ0v) is 15.5. The van der Waals surface area contributed by atoms with E-state index < -0.39 is 23.7 Å². The van der Waals surface area contributed by atoms with Gasteiger partial charge in [0.1, 0.15) is 5.69 Å². The van der Waals surface area contributed by atoms with E-state index in [1.807, 2.05) is 11.2 Å². The Bertz CT molecular complexity index is 1140. The number of H-pyrrole nitrogens is 1. The zero-order chi connectivity index (χ0) is 21.9. The quantitative estimate of drug-likeness (QED) is 0.598. The van der Waals surface area contributed by atoms with Gasteiger partial charge in [0.15, 0.2) is 5.69 Å². The summed E-state index contributed by atoms with van der Waals surface area (Å²) in [5, 5.41) is 19.2. The Morgan fingerprint density at radius 3 is 2.17 bits per heavy atom. The summed E-state index contributed by atoms with van der Waals surface area (Å²) in [5.41, 5.74) is -0.421. The minimum absolute atomic E-state index is 0.258. The van der Waals surface area contributed by atoms with Crippen LogP contribution in [0.25, 0.3) is 0 Å². The van der Waals surface area contributed by atoms with Crippen LogP contribution in [0, 0.1) is 18.3 Å². The molecule has 10 heteroatoms. The van der Waals surface area contributed by atoms with E-state index in [-0.39, 0.29) is 16.9 Å². The largest absolute Gasteiger partial charge is 0.433 e. The van der Waals surface area contributed by atoms with Crippen LogP contribution in [0.2, 0.25) is 0 Å². The van der Waals surface area contributed by atoms with Crippen molar-refractivity contribution in [2.75, 3.05) is 10.6 Å². The molecule has 0 unspecified atom stereocenters. The van der Waals surface area contributed by atoms with Gasteiger partial charge < -0.3 is 10.6 Å². The molecule has 2 amide bonds. The average Bonchev–Trinajstić information content (AvgIpc) is 3.10. The van der Waals surface area contributed by atoms with Gasteiger partial charge in [-0.15, -0.1) is 0 Å². The van der Waals surface area contributed by atoms with Gasteiger partial charge in [-0.05, 0) is 49.4 Å². The average molecular weight is 413 g/mol. The van der Waals surface area contributed by atoms with Gasteiger partial charge in [-0.2, -0.15) is 23.5 Å². The van der Waals surface area contributed by atoms with Gasteiger partial charge in [-0.1, -0.05) is 6.07 Å². The molecular formula is C20H14F3N5O2. The number of nitrogens with zero attached hydrogens (tertiary/aromatic N) is 2. The number of rotatable bonds is 4. The van der Waals surface area contributed by atoms with Crippen LogP contribution in [0.1, 0.15) is 37.7 Å². The van der Waals surface area contributed by atoms with Crippen molar-refractivity contribution in [3.05, 3.63) is 76.6 Å². The van der Waals surface area contributed by atoms with Crippen LogP contribution >= 0.6 is 0 Å². The lowest BCUT2D eigenvalue weighted by Gasteiger charge is -2.09. The van der Waals surface area contributed by atoms with Crippen molar-refractivity contribution in [3.63, 3.8) is 0 Å². The minimum Gasteiger partial charge on any atom is -0.322 e. The second-order valence-corrected chi connectivity index (χ2v) is 6.25. The standard InChI is InChI=1S/C20H14F3N5O2/c1-11-16(27-28-17(11)20(21,22)23)19(30)26-15-4-2-3-14(9-15)25-18(29)13-7-5-12(10-24)6-8-13/h2-9H,1H3,(H,25,29)(H,26,30)(H,27,28). The number of anilines is 2. The number of nitrogens with one attached hydrogen (secondary N) is 3. The van der Waals surface area contributed by atoms with Gasteiger partial charge in [0.05, 0.1) is 11.6 Å². The van der Waals surface area contributed by atoms with Crippen molar-refractivity contribution < 1.29 is 22.8 Å². The summed E-state index contributed by atoms with van der Waals surface area (Å²) in [6, 6.07) is 14.1. The molecule has 1 heterocycles. The Hall–Kier alpha value is -4.13. The number of halogens is 3. The summed E-state index contributed by atoms with van der Waals surface area (Å²) in [7, 11) is 0. The molecule has 7 nitrogen and oxygen atoms in total. The van der Waals surface area contributed by atoms with Crippen molar-refractivity contribution >= 4 is 23.2 Å². The highest BCUT2D eigenvalue weighted by Gasteiger charge is 2.36. The predicted octanol–water partition coefficient (Wildman–Crippen LogP) is 4.11. The number of aromatic nitrogens is 2. The maximum atomic E-state index is 12.9. The predicted molar refractivity (Wildman–Crippen MR) is 102 cm³/mol. The highest BCUT2D eigenvalue weighted by atomic mass is 19.4. The molecule has 0 saturated heterocycles. The zero-order valence-electron chi connectivity index (χ0n) is 15.5. The SMILES string of the molecule is Cc1c(C(=O)Nc2cccc(NC(=O)c3ccc(C#N)cc3)c2)n[nH]c1C(F)(F)F. The second-order valence-electron chi connectivity index (χ2n) is 6.25. The summed E-state index contributed by atoms with van der Waals surface area (Å²) in [6.45, 7) is 1.15. The molecule has 0 fully saturated rings. The summed E-state index contributed by atoms with van der Waals surface area (Å²) >= 11 is 0. The second kappa shape index (κ2) is 8.08. The van der Waals surface area contributed by atoms with Gasteiger partial charge in [0.25, 0.3) is 11.8 Å². The summed E-state index contributed by atoms with van der Waals surface area (Å²) in [5.74, 6) is -1.25. The first-order valence-corrected chi connectivity index (χ1v) is 8.54. The third-order valence-electron chi connectivity index (χ3n) is 4.16. The van der Waals surface area contributed by atoms with Crippen LogP contribution in [-0.2, 0) is 6.18 Å². The molecule has 0 radical (unpaired) electrons. The van der Waals surface area contributed by atoms with Gasteiger partial charge in [-0.25, -0.2) is 0 Å². The third kappa shape index (κ3) is 4.47. The molecule has 0 atom stereocenters. The Labute approximate surface area is 168 Å². The van der Waals surface area contributed by atoms with E-state index in [9.17, 15) is 22.8 Å². The van der Waals surface area contributed by atoms with Crippen LogP contribution in [0.4, 0.5) is 24.5 Å². The maximum Gasteiger partial charge on any atom is 0.433 e. The molecule has 152 valence electrons. The molecule has 1 aromatic heterocycles. The summed E-state index contributed by atoms with van der Waals surface area (Å²) in [4.78, 5) is 24.6. The Morgan fingerprint density at radius 1 is 1.03 bits per heavy atom. The molecule has 0 spiro atoms. The fourth-order valence-electron chi connectivity index (χ4n) is 2.66. The van der Waals surface area contributed by atoms with E-state index in [1.165, 1.54) is 36.4 Å². The van der Waals surface area contributed by atoms with E-state index in [0.717, 1.165) is 6.92 Å². The number of hydrogen-bond donors (Lipinski definition) is 3. The van der Waals surface area contributed by atoms with Gasteiger partial charge in [-0.3, -0.25) is 14.7 Å². The van der Waals surface area contributed by atoms with Crippen molar-refractivity contribution in [1.82, 2.24) is 10.2 Å². The number of nitriles is 1. The Kier molecular flexibility index (Phi) is 5.55. The smallest absolute Gasteiger partial charge is 0.322 e. The number of aromatic amines is 1. The first-order valence-electron chi connectivity index (χ1n) is 8.54. The van der Waals surface area contributed by atoms with Gasteiger partial charge in [0, 0.05) is 22.5 Å². The molecule has 3 aromatic rings. The van der Waals surface area contributed by atoms with Crippen LogP contribution in [0.5, 0.6) is 0 Å². The number of hydrogen-bond acceptors (Lipinski definition) is 4. The molecule has 3 rings (SSSR count). The lowest BCUT2D eigenvalue weighted by molar-refractivity contribution is -0.141. The molecule has 0 aliphatic rings. The van der Waals surface area contributed by atoms with Gasteiger partial charge >= 0.3 is 6.18 Å². The number of carbonyl (C=O) groups is 2. The number of amides is 2. The lowest BCUT2D eigenvalue weighted by atomic mass is 10.1. The van der Waals surface area contributed by atoms with E-state index in [4.69, 9.17) is 5.26 Å². The van der Waals surface area contributed by atoms with Crippen LogP contribution in [0.3, 0.4) is 0 Å². The molecule has 2 aromatic carbocycles. The van der Waals surface area contributed by atoms with Crippen molar-refractivity contribution in [1.29, 1.82) is 5.26 Å². The van der Waals surface area contributed by atoms with E-state index in [2.05, 4.69) is 15.7 Å². The number of alkyl halides is 3. The first kappa shape index (κ1) is 20.6. The normalized spacial score (nSPS) is 10.9. The molecule has 0 aliphatic carbocycles. The Morgan fingerprint density at radius 2 is 1.63 bits per heavy atom. The Balaban J connectivity index is 1.72. The topological polar surface area (TPSA) is 111 Å². The first-order chi connectivity index (χ1) is 14.2. The van der Waals surface area contributed by atoms with Gasteiger partial charge in [0.2, 0.25) is 0 Å². The number of carbonyl (C=O) groups excluding carboxylic acids is 2. The van der Waals surface area contributed by atoms with Crippen molar-refractivity contribution in [2.24, 2.45) is 0 Å². The maximum absolute atomic E-state index is 12.9. The molecular weight excluding hydrogens is 399 g/mol. The van der Waals surface area contributed by atoms with E-state index >= 15 is 0 Å². The van der Waals surface area contributed by atoms with Crippen LogP contribution in [0.15, 0.2) is 48.5 Å². The monoisotopic (exact) mass is 413 g/mol. The highest BCUT2D eigenvalue weighted by molar-refractivity contribution is 6.06. The van der Waals surface area contributed by atoms with E-state index in [1.54, 1.807) is 12.1 Å². The van der Waals surface area contributed by atoms with Crippen molar-refractivity contribution in [2.45, 2.75) is 13.1 Å². The molecule has 30 heavy (non-hydrogen) atoms. The fourth-order valence-corrected chi connectivity index (χ4v) is 2.66. The fraction of sp³-hybridized carbons (Fsp3) is 0.100. The molecule has 0 bridgehead atoms.